The van der Waals surface area contributed by atoms with Crippen LogP contribution in [0, 0.1) is 29.6 Å². The summed E-state index contributed by atoms with van der Waals surface area (Å²) in [7, 11) is 0. The van der Waals surface area contributed by atoms with Crippen molar-refractivity contribution in [3.05, 3.63) is 22.8 Å². The Bertz CT molecular complexity index is 438. The van der Waals surface area contributed by atoms with Crippen molar-refractivity contribution in [2.24, 2.45) is 0 Å². The number of phenolic OH excluding ortho intramolecular Hbond substituents is 2. The quantitative estimate of drug-likeness (QED) is 0.577. The normalized spacial score (nSPS) is 8.85. The van der Waals surface area contributed by atoms with Crippen LogP contribution in [0.3, 0.4) is 0 Å². The highest BCUT2D eigenvalue weighted by Gasteiger charge is 2.14. The summed E-state index contributed by atoms with van der Waals surface area (Å²) in [5, 5.41) is 35.8. The van der Waals surface area contributed by atoms with Gasteiger partial charge in [-0.25, -0.2) is 0 Å². The zero-order valence-electron chi connectivity index (χ0n) is 6.87. The molecule has 4 nitrogen and oxygen atoms in total. The molecule has 0 aliphatic rings. The molecule has 4 heteroatoms. The van der Waals surface area contributed by atoms with E-state index in [2.05, 4.69) is 0 Å². The molecule has 0 heterocycles. The molecule has 0 saturated heterocycles. The lowest BCUT2D eigenvalue weighted by Gasteiger charge is -2.04. The minimum atomic E-state index is -0.283. The van der Waals surface area contributed by atoms with Crippen LogP contribution in [0.2, 0.25) is 0 Å². The van der Waals surface area contributed by atoms with Gasteiger partial charge in [-0.15, -0.1) is 0 Å². The van der Waals surface area contributed by atoms with Gasteiger partial charge in [0, 0.05) is 0 Å². The molecule has 0 bridgehead atoms. The van der Waals surface area contributed by atoms with Crippen molar-refractivity contribution < 1.29 is 10.2 Å². The molecule has 1 aromatic rings. The van der Waals surface area contributed by atoms with Crippen molar-refractivity contribution >= 4 is 0 Å². The molecule has 0 amide bonds. The van der Waals surface area contributed by atoms with E-state index in [-0.39, 0.29) is 22.6 Å². The van der Waals surface area contributed by atoms with Gasteiger partial charge >= 0.3 is 0 Å². The molecular formula is C9H6N2O2. The van der Waals surface area contributed by atoms with E-state index in [0.29, 0.717) is 5.56 Å². The summed E-state index contributed by atoms with van der Waals surface area (Å²) in [6.45, 7) is 1.54. The highest BCUT2D eigenvalue weighted by molar-refractivity contribution is 5.62. The summed E-state index contributed by atoms with van der Waals surface area (Å²) >= 11 is 0. The maximum absolute atomic E-state index is 9.35. The summed E-state index contributed by atoms with van der Waals surface area (Å²) in [5.74, 6) is -0.536. The van der Waals surface area contributed by atoms with Crippen molar-refractivity contribution in [1.29, 1.82) is 10.5 Å². The Labute approximate surface area is 74.9 Å². The summed E-state index contributed by atoms with van der Waals surface area (Å²) in [6.07, 6.45) is 0. The molecule has 0 fully saturated rings. The van der Waals surface area contributed by atoms with Crippen LogP contribution in [0.15, 0.2) is 6.07 Å². The van der Waals surface area contributed by atoms with Gasteiger partial charge in [0.25, 0.3) is 0 Å². The highest BCUT2D eigenvalue weighted by atomic mass is 16.3. The number of rotatable bonds is 0. The average molecular weight is 174 g/mol. The first-order chi connectivity index (χ1) is 6.11. The molecule has 0 unspecified atom stereocenters. The first-order valence-electron chi connectivity index (χ1n) is 3.47. The summed E-state index contributed by atoms with van der Waals surface area (Å²) in [5.41, 5.74) is -0.00125. The molecule has 0 spiro atoms. The minimum Gasteiger partial charge on any atom is -0.507 e. The van der Waals surface area contributed by atoms with Crippen molar-refractivity contribution in [3.8, 4) is 23.6 Å². The number of nitrogens with zero attached hydrogens (tertiary/aromatic N) is 2. The zero-order valence-corrected chi connectivity index (χ0v) is 6.87. The van der Waals surface area contributed by atoms with Crippen LogP contribution in [-0.4, -0.2) is 10.2 Å². The standard InChI is InChI=1S/C9H6N2O2/c1-5-2-8(12)6(3-10)7(4-11)9(5)13/h2,12-13H,1H3. The Morgan fingerprint density at radius 3 is 2.15 bits per heavy atom. The number of benzene rings is 1. The Morgan fingerprint density at radius 1 is 1.15 bits per heavy atom. The molecule has 0 saturated carbocycles. The van der Waals surface area contributed by atoms with E-state index in [1.165, 1.54) is 13.0 Å². The van der Waals surface area contributed by atoms with Crippen LogP contribution < -0.4 is 0 Å². The number of aryl methyl sites for hydroxylation is 1. The van der Waals surface area contributed by atoms with Crippen LogP contribution in [0.4, 0.5) is 0 Å². The number of aromatic hydroxyl groups is 2. The molecule has 1 aromatic carbocycles. The monoisotopic (exact) mass is 174 g/mol. The molecule has 0 atom stereocenters. The molecular weight excluding hydrogens is 168 g/mol. The maximum Gasteiger partial charge on any atom is 0.137 e. The van der Waals surface area contributed by atoms with Crippen LogP contribution in [-0.2, 0) is 0 Å². The fourth-order valence-corrected chi connectivity index (χ4v) is 1.01. The number of phenols is 2. The summed E-state index contributed by atoms with van der Waals surface area (Å²) < 4.78 is 0. The summed E-state index contributed by atoms with van der Waals surface area (Å²) in [4.78, 5) is 0. The Balaban J connectivity index is 3.66. The average Bonchev–Trinajstić information content (AvgIpc) is 2.10. The van der Waals surface area contributed by atoms with Gasteiger partial charge in [0.05, 0.1) is 0 Å². The van der Waals surface area contributed by atoms with Gasteiger partial charge in [0.15, 0.2) is 0 Å². The number of hydrogen-bond donors (Lipinski definition) is 2. The van der Waals surface area contributed by atoms with Gasteiger partial charge in [0.1, 0.15) is 34.8 Å². The molecule has 13 heavy (non-hydrogen) atoms. The van der Waals surface area contributed by atoms with Gasteiger partial charge in [-0.05, 0) is 18.6 Å². The lowest BCUT2D eigenvalue weighted by atomic mass is 10.0. The predicted octanol–water partition coefficient (Wildman–Crippen LogP) is 1.15. The highest BCUT2D eigenvalue weighted by Crippen LogP contribution is 2.31. The zero-order chi connectivity index (χ0) is 10.0. The SMILES string of the molecule is Cc1cc(O)c(C#N)c(C#N)c1O. The van der Waals surface area contributed by atoms with Crippen molar-refractivity contribution in [2.75, 3.05) is 0 Å². The fourth-order valence-electron chi connectivity index (χ4n) is 1.01. The Kier molecular flexibility index (Phi) is 2.08. The van der Waals surface area contributed by atoms with E-state index in [1.54, 1.807) is 12.1 Å². The number of nitriles is 2. The molecule has 64 valence electrons. The fraction of sp³-hybridized carbons (Fsp3) is 0.111. The lowest BCUT2D eigenvalue weighted by Crippen LogP contribution is -1.88. The third-order valence-electron chi connectivity index (χ3n) is 1.69. The van der Waals surface area contributed by atoms with E-state index in [4.69, 9.17) is 10.5 Å². The Hall–Kier alpha value is -2.20. The van der Waals surface area contributed by atoms with E-state index in [1.807, 2.05) is 0 Å². The maximum atomic E-state index is 9.35. The topological polar surface area (TPSA) is 88.0 Å². The summed E-state index contributed by atoms with van der Waals surface area (Å²) in [6, 6.07) is 4.56. The van der Waals surface area contributed by atoms with Crippen LogP contribution >= 0.6 is 0 Å². The van der Waals surface area contributed by atoms with Crippen LogP contribution in [0.5, 0.6) is 11.5 Å². The Morgan fingerprint density at radius 2 is 1.69 bits per heavy atom. The van der Waals surface area contributed by atoms with Gasteiger partial charge in [0.2, 0.25) is 0 Å². The largest absolute Gasteiger partial charge is 0.507 e. The molecule has 0 aliphatic heterocycles. The van der Waals surface area contributed by atoms with E-state index in [9.17, 15) is 10.2 Å². The van der Waals surface area contributed by atoms with Crippen molar-refractivity contribution in [2.45, 2.75) is 6.92 Å². The second kappa shape index (κ2) is 3.04. The molecule has 1 rings (SSSR count). The second-order valence-corrected chi connectivity index (χ2v) is 2.53. The first-order valence-corrected chi connectivity index (χ1v) is 3.47. The van der Waals surface area contributed by atoms with E-state index >= 15 is 0 Å². The molecule has 0 radical (unpaired) electrons. The van der Waals surface area contributed by atoms with Gasteiger partial charge < -0.3 is 10.2 Å². The minimum absolute atomic E-state index is 0.181. The first kappa shape index (κ1) is 8.89. The molecule has 2 N–H and O–H groups in total. The predicted molar refractivity (Wildman–Crippen MR) is 43.9 cm³/mol. The third kappa shape index (κ3) is 1.25. The molecule has 0 aromatic heterocycles. The van der Waals surface area contributed by atoms with Gasteiger partial charge in [-0.2, -0.15) is 10.5 Å². The van der Waals surface area contributed by atoms with E-state index in [0.717, 1.165) is 0 Å². The van der Waals surface area contributed by atoms with Gasteiger partial charge in [-0.3, -0.25) is 0 Å². The van der Waals surface area contributed by atoms with Crippen LogP contribution in [0.1, 0.15) is 16.7 Å². The van der Waals surface area contributed by atoms with Crippen molar-refractivity contribution in [3.63, 3.8) is 0 Å². The van der Waals surface area contributed by atoms with Gasteiger partial charge in [-0.1, -0.05) is 0 Å². The molecule has 0 aliphatic carbocycles. The number of hydrogen-bond acceptors (Lipinski definition) is 4. The lowest BCUT2D eigenvalue weighted by molar-refractivity contribution is 0.454. The smallest absolute Gasteiger partial charge is 0.137 e. The van der Waals surface area contributed by atoms with E-state index < -0.39 is 0 Å². The second-order valence-electron chi connectivity index (χ2n) is 2.53. The van der Waals surface area contributed by atoms with Crippen LogP contribution in [0.25, 0.3) is 0 Å². The third-order valence-corrected chi connectivity index (χ3v) is 1.69. The van der Waals surface area contributed by atoms with Crippen molar-refractivity contribution in [1.82, 2.24) is 0 Å².